The molecular weight excluding hydrogens is 330 g/mol. The predicted octanol–water partition coefficient (Wildman–Crippen LogP) is 1.17. The Morgan fingerprint density at radius 2 is 1.36 bits per heavy atom. The molecule has 0 N–H and O–H groups in total. The largest absolute Gasteiger partial charge is 0.463 e. The summed E-state index contributed by atoms with van der Waals surface area (Å²) in [4.78, 5) is 51.1. The number of carbonyl (C=O) groups is 4. The molecule has 0 radical (unpaired) electrons. The van der Waals surface area contributed by atoms with Crippen molar-refractivity contribution in [1.82, 2.24) is 14.7 Å². The lowest BCUT2D eigenvalue weighted by molar-refractivity contribution is -0.169. The highest BCUT2D eigenvalue weighted by Gasteiger charge is 2.31. The Balaban J connectivity index is 4.74. The Hall–Kier alpha value is -2.32. The average Bonchev–Trinajstić information content (AvgIpc) is 2.55. The molecule has 0 spiro atoms. The second-order valence-electron chi connectivity index (χ2n) is 6.41. The van der Waals surface area contributed by atoms with Crippen molar-refractivity contribution >= 4 is 24.0 Å². The summed E-state index contributed by atoms with van der Waals surface area (Å²) in [6, 6.07) is -2.17. The Kier molecular flexibility index (Phi) is 8.94. The normalized spacial score (nSPS) is 12.8. The molecule has 0 aromatic rings. The summed E-state index contributed by atoms with van der Waals surface area (Å²) in [6.07, 6.45) is -1.08. The molecule has 0 aromatic carbocycles. The number of hydrogen-bond donors (Lipinski definition) is 0. The van der Waals surface area contributed by atoms with Crippen LogP contribution in [0, 0.1) is 5.92 Å². The Labute approximate surface area is 148 Å². The molecule has 0 aliphatic heterocycles. The lowest BCUT2D eigenvalue weighted by Crippen LogP contribution is -2.51. The molecule has 0 aromatic heterocycles. The van der Waals surface area contributed by atoms with E-state index >= 15 is 0 Å². The zero-order valence-corrected chi connectivity index (χ0v) is 16.2. The van der Waals surface area contributed by atoms with Crippen molar-refractivity contribution < 1.29 is 28.7 Å². The van der Waals surface area contributed by atoms with E-state index in [-0.39, 0.29) is 12.5 Å². The summed E-state index contributed by atoms with van der Waals surface area (Å²) >= 11 is 0. The first kappa shape index (κ1) is 22.7. The third-order valence-electron chi connectivity index (χ3n) is 3.36. The van der Waals surface area contributed by atoms with Crippen LogP contribution in [0.2, 0.25) is 0 Å². The van der Waals surface area contributed by atoms with Gasteiger partial charge in [0, 0.05) is 28.2 Å². The maximum atomic E-state index is 12.2. The molecule has 0 aliphatic rings. The van der Waals surface area contributed by atoms with E-state index in [9.17, 15) is 19.2 Å². The van der Waals surface area contributed by atoms with Crippen molar-refractivity contribution in [2.75, 3.05) is 34.8 Å². The molecule has 0 saturated heterocycles. The first-order chi connectivity index (χ1) is 11.4. The van der Waals surface area contributed by atoms with Crippen molar-refractivity contribution in [3.05, 3.63) is 0 Å². The van der Waals surface area contributed by atoms with E-state index in [0.29, 0.717) is 0 Å². The summed E-state index contributed by atoms with van der Waals surface area (Å²) in [5.74, 6) is -1.25. The van der Waals surface area contributed by atoms with Crippen LogP contribution in [0.4, 0.5) is 9.59 Å². The highest BCUT2D eigenvalue weighted by atomic mass is 16.6. The van der Waals surface area contributed by atoms with Crippen molar-refractivity contribution in [3.8, 4) is 0 Å². The average molecular weight is 359 g/mol. The van der Waals surface area contributed by atoms with Crippen molar-refractivity contribution in [3.63, 3.8) is 0 Å². The van der Waals surface area contributed by atoms with Crippen LogP contribution in [0.3, 0.4) is 0 Å². The molecule has 0 bridgehead atoms. The minimum absolute atomic E-state index is 0.166. The van der Waals surface area contributed by atoms with Gasteiger partial charge in [-0.05, 0) is 19.8 Å². The molecule has 2 atom stereocenters. The topological polar surface area (TPSA) is 96.5 Å². The zero-order valence-electron chi connectivity index (χ0n) is 16.2. The van der Waals surface area contributed by atoms with Crippen LogP contribution in [-0.4, -0.2) is 85.6 Å². The molecule has 0 fully saturated rings. The quantitative estimate of drug-likeness (QED) is 0.661. The number of ether oxygens (including phenoxy) is 2. The van der Waals surface area contributed by atoms with Crippen LogP contribution in [0.25, 0.3) is 0 Å². The fraction of sp³-hybridized carbons (Fsp3) is 0.750. The molecule has 9 heteroatoms. The number of likely N-dealkylation sites (N-methyl/N-ethyl adjacent to an activating group) is 1. The van der Waals surface area contributed by atoms with Gasteiger partial charge in [0.15, 0.2) is 6.10 Å². The van der Waals surface area contributed by atoms with E-state index in [0.717, 1.165) is 9.80 Å². The molecule has 4 amide bonds. The number of amides is 4. The molecule has 9 nitrogen and oxygen atoms in total. The van der Waals surface area contributed by atoms with Gasteiger partial charge in [-0.1, -0.05) is 13.8 Å². The first-order valence-corrected chi connectivity index (χ1v) is 7.99. The molecule has 0 aliphatic carbocycles. The Morgan fingerprint density at radius 1 is 0.840 bits per heavy atom. The molecule has 144 valence electrons. The second-order valence-corrected chi connectivity index (χ2v) is 6.41. The van der Waals surface area contributed by atoms with Crippen LogP contribution in [0.15, 0.2) is 0 Å². The van der Waals surface area contributed by atoms with E-state index in [1.54, 1.807) is 0 Å². The number of hydrogen-bond acceptors (Lipinski definition) is 6. The second kappa shape index (κ2) is 9.85. The maximum absolute atomic E-state index is 12.2. The molecule has 2 unspecified atom stereocenters. The van der Waals surface area contributed by atoms with Gasteiger partial charge in [0.2, 0.25) is 0 Å². The third kappa shape index (κ3) is 6.98. The minimum atomic E-state index is -1.08. The number of imide groups is 1. The molecule has 25 heavy (non-hydrogen) atoms. The van der Waals surface area contributed by atoms with Crippen LogP contribution < -0.4 is 0 Å². The fourth-order valence-corrected chi connectivity index (χ4v) is 1.63. The first-order valence-electron chi connectivity index (χ1n) is 7.99. The highest BCUT2D eigenvalue weighted by Crippen LogP contribution is 2.07. The van der Waals surface area contributed by atoms with Crippen LogP contribution >= 0.6 is 0 Å². The van der Waals surface area contributed by atoms with Crippen LogP contribution in [0.5, 0.6) is 0 Å². The molecule has 0 saturated carbocycles. The summed E-state index contributed by atoms with van der Waals surface area (Å²) < 4.78 is 10.0. The predicted molar refractivity (Wildman–Crippen MR) is 90.8 cm³/mol. The van der Waals surface area contributed by atoms with Crippen molar-refractivity contribution in [1.29, 1.82) is 0 Å². The van der Waals surface area contributed by atoms with E-state index in [1.807, 2.05) is 13.8 Å². The molecule has 0 heterocycles. The van der Waals surface area contributed by atoms with Crippen molar-refractivity contribution in [2.45, 2.75) is 39.8 Å². The van der Waals surface area contributed by atoms with Gasteiger partial charge in [0.1, 0.15) is 6.04 Å². The Bertz CT molecular complexity index is 506. The van der Waals surface area contributed by atoms with Gasteiger partial charge in [-0.3, -0.25) is 0 Å². The zero-order chi connectivity index (χ0) is 19.9. The van der Waals surface area contributed by atoms with Gasteiger partial charge in [-0.25, -0.2) is 24.1 Å². The monoisotopic (exact) mass is 359 g/mol. The standard InChI is InChI=1S/C16H29N3O6/c1-10(2)9-24-14(21)12(4)25-13(20)11(3)18(7)16(23)19(8)15(22)17(5)6/h10-12H,9H2,1-8H3. The lowest BCUT2D eigenvalue weighted by Gasteiger charge is -2.29. The summed E-state index contributed by atoms with van der Waals surface area (Å²) in [5.41, 5.74) is 0. The van der Waals surface area contributed by atoms with Gasteiger partial charge >= 0.3 is 24.0 Å². The summed E-state index contributed by atoms with van der Waals surface area (Å²) in [7, 11) is 5.70. The number of urea groups is 2. The van der Waals surface area contributed by atoms with Gasteiger partial charge in [-0.15, -0.1) is 0 Å². The van der Waals surface area contributed by atoms with E-state index < -0.39 is 36.1 Å². The third-order valence-corrected chi connectivity index (χ3v) is 3.36. The van der Waals surface area contributed by atoms with E-state index in [4.69, 9.17) is 9.47 Å². The van der Waals surface area contributed by atoms with Gasteiger partial charge < -0.3 is 19.3 Å². The minimum Gasteiger partial charge on any atom is -0.463 e. The van der Waals surface area contributed by atoms with Gasteiger partial charge in [0.25, 0.3) is 0 Å². The summed E-state index contributed by atoms with van der Waals surface area (Å²) in [6.45, 7) is 6.85. The van der Waals surface area contributed by atoms with E-state index in [1.165, 1.54) is 46.9 Å². The van der Waals surface area contributed by atoms with Gasteiger partial charge in [0.05, 0.1) is 6.61 Å². The van der Waals surface area contributed by atoms with E-state index in [2.05, 4.69) is 0 Å². The number of rotatable bonds is 6. The maximum Gasteiger partial charge on any atom is 0.347 e. The van der Waals surface area contributed by atoms with Gasteiger partial charge in [-0.2, -0.15) is 0 Å². The van der Waals surface area contributed by atoms with Crippen molar-refractivity contribution in [2.24, 2.45) is 5.92 Å². The summed E-state index contributed by atoms with van der Waals surface area (Å²) in [5, 5.41) is 0. The number of esters is 2. The number of carbonyl (C=O) groups excluding carboxylic acids is 4. The van der Waals surface area contributed by atoms with Crippen LogP contribution in [-0.2, 0) is 19.1 Å². The lowest BCUT2D eigenvalue weighted by atomic mass is 10.2. The Morgan fingerprint density at radius 3 is 1.80 bits per heavy atom. The number of nitrogens with zero attached hydrogens (tertiary/aromatic N) is 3. The SMILES string of the molecule is CC(C)COC(=O)C(C)OC(=O)C(C)N(C)C(=O)N(C)C(=O)N(C)C. The molecular formula is C16H29N3O6. The smallest absolute Gasteiger partial charge is 0.347 e. The fourth-order valence-electron chi connectivity index (χ4n) is 1.63. The highest BCUT2D eigenvalue weighted by molar-refractivity contribution is 5.94. The van der Waals surface area contributed by atoms with Crippen LogP contribution in [0.1, 0.15) is 27.7 Å². The molecule has 0 rings (SSSR count).